The molecule has 3 rings (SSSR count). The average Bonchev–Trinajstić information content (AvgIpc) is 2.98. The van der Waals surface area contributed by atoms with Crippen LogP contribution in [0.3, 0.4) is 0 Å². The van der Waals surface area contributed by atoms with Gasteiger partial charge in [0.1, 0.15) is 11.6 Å². The highest BCUT2D eigenvalue weighted by atomic mass is 16.5. The Morgan fingerprint density at radius 1 is 1.09 bits per heavy atom. The Bertz CT molecular complexity index is 839. The van der Waals surface area contributed by atoms with Gasteiger partial charge in [0.2, 0.25) is 0 Å². The molecule has 1 aromatic carbocycles. The SMILES string of the molecule is CCc1nc2cc(OC)c(OC)cc2c2nnc(C(C)C)n12. The van der Waals surface area contributed by atoms with E-state index in [-0.39, 0.29) is 5.92 Å². The molecule has 0 spiro atoms. The molecule has 0 saturated carbocycles. The second-order valence-corrected chi connectivity index (χ2v) is 5.48. The molecule has 0 aliphatic rings. The van der Waals surface area contributed by atoms with Gasteiger partial charge in [0.25, 0.3) is 0 Å². The highest BCUT2D eigenvalue weighted by Crippen LogP contribution is 2.33. The van der Waals surface area contributed by atoms with Gasteiger partial charge in [-0.25, -0.2) is 4.98 Å². The van der Waals surface area contributed by atoms with Crippen LogP contribution in [0.15, 0.2) is 12.1 Å². The fourth-order valence-electron chi connectivity index (χ4n) is 2.67. The summed E-state index contributed by atoms with van der Waals surface area (Å²) in [5, 5.41) is 9.65. The van der Waals surface area contributed by atoms with Crippen molar-refractivity contribution in [2.45, 2.75) is 33.1 Å². The molecule has 0 aliphatic heterocycles. The van der Waals surface area contributed by atoms with Crippen molar-refractivity contribution in [1.29, 1.82) is 0 Å². The quantitative estimate of drug-likeness (QED) is 0.741. The zero-order valence-corrected chi connectivity index (χ0v) is 13.5. The first kappa shape index (κ1) is 14.6. The summed E-state index contributed by atoms with van der Waals surface area (Å²) in [6.07, 6.45) is 0.804. The van der Waals surface area contributed by atoms with Gasteiger partial charge in [0.15, 0.2) is 17.1 Å². The molecule has 0 radical (unpaired) electrons. The minimum Gasteiger partial charge on any atom is -0.493 e. The Labute approximate surface area is 129 Å². The second-order valence-electron chi connectivity index (χ2n) is 5.48. The number of aromatic nitrogens is 4. The summed E-state index contributed by atoms with van der Waals surface area (Å²) in [6, 6.07) is 3.80. The summed E-state index contributed by atoms with van der Waals surface area (Å²) in [5.74, 6) is 3.48. The Morgan fingerprint density at radius 3 is 2.36 bits per heavy atom. The molecule has 2 aromatic heterocycles. The van der Waals surface area contributed by atoms with E-state index >= 15 is 0 Å². The van der Waals surface area contributed by atoms with Crippen LogP contribution in [-0.4, -0.2) is 33.8 Å². The van der Waals surface area contributed by atoms with E-state index in [1.165, 1.54) is 0 Å². The monoisotopic (exact) mass is 300 g/mol. The number of aryl methyl sites for hydroxylation is 1. The predicted octanol–water partition coefficient (Wildman–Crippen LogP) is 2.98. The summed E-state index contributed by atoms with van der Waals surface area (Å²) in [6.45, 7) is 6.29. The van der Waals surface area contributed by atoms with Crippen molar-refractivity contribution in [2.24, 2.45) is 0 Å². The molecule has 6 nitrogen and oxygen atoms in total. The van der Waals surface area contributed by atoms with Gasteiger partial charge >= 0.3 is 0 Å². The number of nitrogens with zero attached hydrogens (tertiary/aromatic N) is 4. The molecule has 116 valence electrons. The highest BCUT2D eigenvalue weighted by molar-refractivity contribution is 5.93. The fraction of sp³-hybridized carbons (Fsp3) is 0.438. The maximum absolute atomic E-state index is 5.39. The number of benzene rings is 1. The van der Waals surface area contributed by atoms with Crippen molar-refractivity contribution >= 4 is 16.6 Å². The topological polar surface area (TPSA) is 61.5 Å². The van der Waals surface area contributed by atoms with Gasteiger partial charge in [-0.15, -0.1) is 10.2 Å². The van der Waals surface area contributed by atoms with E-state index in [9.17, 15) is 0 Å². The van der Waals surface area contributed by atoms with Crippen LogP contribution in [-0.2, 0) is 6.42 Å². The lowest BCUT2D eigenvalue weighted by molar-refractivity contribution is 0.356. The van der Waals surface area contributed by atoms with Crippen LogP contribution >= 0.6 is 0 Å². The molecule has 0 N–H and O–H groups in total. The molecular weight excluding hydrogens is 280 g/mol. The number of fused-ring (bicyclic) bond motifs is 3. The fourth-order valence-corrected chi connectivity index (χ4v) is 2.67. The number of ether oxygens (including phenoxy) is 2. The van der Waals surface area contributed by atoms with E-state index in [1.807, 2.05) is 12.1 Å². The van der Waals surface area contributed by atoms with E-state index in [0.29, 0.717) is 11.5 Å². The Hall–Kier alpha value is -2.37. The first-order chi connectivity index (χ1) is 10.6. The standard InChI is InChI=1S/C16H20N4O2/c1-6-14-17-11-8-13(22-5)12(21-4)7-10(11)16-19-18-15(9(2)3)20(14)16/h7-9H,6H2,1-5H3. The largest absolute Gasteiger partial charge is 0.493 e. The number of methoxy groups -OCH3 is 2. The number of hydrogen-bond acceptors (Lipinski definition) is 5. The van der Waals surface area contributed by atoms with Crippen molar-refractivity contribution in [3.63, 3.8) is 0 Å². The lowest BCUT2D eigenvalue weighted by Gasteiger charge is -2.12. The van der Waals surface area contributed by atoms with Crippen LogP contribution < -0.4 is 9.47 Å². The van der Waals surface area contributed by atoms with Gasteiger partial charge in [-0.1, -0.05) is 20.8 Å². The van der Waals surface area contributed by atoms with E-state index in [2.05, 4.69) is 35.4 Å². The molecular formula is C16H20N4O2. The average molecular weight is 300 g/mol. The summed E-state index contributed by atoms with van der Waals surface area (Å²) >= 11 is 0. The smallest absolute Gasteiger partial charge is 0.171 e. The van der Waals surface area contributed by atoms with Crippen molar-refractivity contribution in [3.8, 4) is 11.5 Å². The minimum absolute atomic E-state index is 0.277. The van der Waals surface area contributed by atoms with E-state index in [1.54, 1.807) is 14.2 Å². The Morgan fingerprint density at radius 2 is 1.77 bits per heavy atom. The van der Waals surface area contributed by atoms with Crippen molar-refractivity contribution < 1.29 is 9.47 Å². The molecule has 6 heteroatoms. The number of rotatable bonds is 4. The third kappa shape index (κ3) is 2.06. The van der Waals surface area contributed by atoms with E-state index < -0.39 is 0 Å². The molecule has 0 fully saturated rings. The second kappa shape index (κ2) is 5.44. The van der Waals surface area contributed by atoms with Crippen LogP contribution in [0, 0.1) is 0 Å². The van der Waals surface area contributed by atoms with Crippen LogP contribution in [0.25, 0.3) is 16.6 Å². The normalized spacial score (nSPS) is 11.5. The summed E-state index contributed by atoms with van der Waals surface area (Å²) in [4.78, 5) is 4.77. The Balaban J connectivity index is 2.44. The summed E-state index contributed by atoms with van der Waals surface area (Å²) in [7, 11) is 3.25. The number of hydrogen-bond donors (Lipinski definition) is 0. The summed E-state index contributed by atoms with van der Waals surface area (Å²) < 4.78 is 12.8. The maximum Gasteiger partial charge on any atom is 0.171 e. The van der Waals surface area contributed by atoms with Gasteiger partial charge < -0.3 is 9.47 Å². The minimum atomic E-state index is 0.277. The van der Waals surface area contributed by atoms with Crippen LogP contribution in [0.4, 0.5) is 0 Å². The molecule has 0 bridgehead atoms. The van der Waals surface area contributed by atoms with Crippen LogP contribution in [0.5, 0.6) is 11.5 Å². The molecule has 0 aliphatic carbocycles. The van der Waals surface area contributed by atoms with Gasteiger partial charge in [-0.2, -0.15) is 0 Å². The molecule has 22 heavy (non-hydrogen) atoms. The van der Waals surface area contributed by atoms with E-state index in [0.717, 1.165) is 34.6 Å². The molecule has 0 amide bonds. The zero-order valence-electron chi connectivity index (χ0n) is 13.5. The Kier molecular flexibility index (Phi) is 3.60. The first-order valence-corrected chi connectivity index (χ1v) is 7.40. The van der Waals surface area contributed by atoms with Gasteiger partial charge in [0.05, 0.1) is 19.7 Å². The third-order valence-electron chi connectivity index (χ3n) is 3.77. The van der Waals surface area contributed by atoms with Gasteiger partial charge in [-0.3, -0.25) is 4.40 Å². The molecule has 3 aromatic rings. The van der Waals surface area contributed by atoms with Crippen molar-refractivity contribution in [3.05, 3.63) is 23.8 Å². The highest BCUT2D eigenvalue weighted by Gasteiger charge is 2.18. The summed E-state index contributed by atoms with van der Waals surface area (Å²) in [5.41, 5.74) is 1.65. The molecule has 0 atom stereocenters. The first-order valence-electron chi connectivity index (χ1n) is 7.40. The third-order valence-corrected chi connectivity index (χ3v) is 3.77. The molecule has 0 saturated heterocycles. The predicted molar refractivity (Wildman–Crippen MR) is 84.9 cm³/mol. The van der Waals surface area contributed by atoms with E-state index in [4.69, 9.17) is 14.5 Å². The van der Waals surface area contributed by atoms with Crippen LogP contribution in [0.2, 0.25) is 0 Å². The van der Waals surface area contributed by atoms with Gasteiger partial charge in [0, 0.05) is 23.8 Å². The zero-order chi connectivity index (χ0) is 15.9. The lowest BCUT2D eigenvalue weighted by atomic mass is 10.2. The lowest BCUT2D eigenvalue weighted by Crippen LogP contribution is -2.06. The maximum atomic E-state index is 5.39. The van der Waals surface area contributed by atoms with Gasteiger partial charge in [-0.05, 0) is 6.07 Å². The molecule has 2 heterocycles. The van der Waals surface area contributed by atoms with Crippen LogP contribution in [0.1, 0.15) is 38.3 Å². The molecule has 0 unspecified atom stereocenters. The van der Waals surface area contributed by atoms with Crippen molar-refractivity contribution in [2.75, 3.05) is 14.2 Å². The van der Waals surface area contributed by atoms with Crippen molar-refractivity contribution in [1.82, 2.24) is 19.6 Å².